The summed E-state index contributed by atoms with van der Waals surface area (Å²) < 4.78 is 16.4. The van der Waals surface area contributed by atoms with Gasteiger partial charge in [-0.2, -0.15) is 0 Å². The topological polar surface area (TPSA) is 73.3 Å². The number of aromatic hydroxyl groups is 1. The predicted molar refractivity (Wildman–Crippen MR) is 115 cm³/mol. The largest absolute Gasteiger partial charge is 0.508 e. The fraction of sp³-hybridized carbons (Fsp3) is 0.375. The molecule has 1 unspecified atom stereocenters. The monoisotopic (exact) mass is 410 g/mol. The molecule has 0 spiro atoms. The Morgan fingerprint density at radius 3 is 2.70 bits per heavy atom. The molecule has 3 aromatic rings. The molecule has 1 aliphatic rings. The molecule has 6 nitrogen and oxygen atoms in total. The van der Waals surface area contributed by atoms with Gasteiger partial charge in [-0.25, -0.2) is 4.79 Å². The van der Waals surface area contributed by atoms with E-state index in [1.54, 1.807) is 26.4 Å². The Morgan fingerprint density at radius 1 is 1.13 bits per heavy atom. The highest BCUT2D eigenvalue weighted by atomic mass is 16.5. The maximum atomic E-state index is 12.2. The van der Waals surface area contributed by atoms with Crippen LogP contribution < -0.4 is 20.0 Å². The zero-order valence-electron chi connectivity index (χ0n) is 17.7. The van der Waals surface area contributed by atoms with Gasteiger partial charge in [0.25, 0.3) is 0 Å². The number of aryl methyl sites for hydroxylation is 1. The summed E-state index contributed by atoms with van der Waals surface area (Å²) in [5, 5.41) is 11.1. The third-order valence-corrected chi connectivity index (χ3v) is 6.12. The summed E-state index contributed by atoms with van der Waals surface area (Å²) in [6.45, 7) is 3.70. The molecule has 2 aromatic carbocycles. The van der Waals surface area contributed by atoms with Crippen molar-refractivity contribution in [2.45, 2.75) is 38.8 Å². The van der Waals surface area contributed by atoms with E-state index < -0.39 is 5.63 Å². The summed E-state index contributed by atoms with van der Waals surface area (Å²) in [6, 6.07) is 11.3. The quantitative estimate of drug-likeness (QED) is 0.611. The van der Waals surface area contributed by atoms with Gasteiger partial charge in [0.2, 0.25) is 0 Å². The number of hydrogen-bond donors (Lipinski definition) is 2. The van der Waals surface area contributed by atoms with Gasteiger partial charge in [-0.1, -0.05) is 6.92 Å². The van der Waals surface area contributed by atoms with E-state index in [2.05, 4.69) is 6.07 Å². The molecule has 0 bridgehead atoms. The second-order valence-corrected chi connectivity index (χ2v) is 7.81. The molecule has 2 N–H and O–H groups in total. The van der Waals surface area contributed by atoms with E-state index in [1.165, 1.54) is 4.90 Å². The second kappa shape index (κ2) is 8.40. The molecule has 1 aliphatic heterocycles. The molecule has 6 heteroatoms. The summed E-state index contributed by atoms with van der Waals surface area (Å²) in [4.78, 5) is 13.6. The van der Waals surface area contributed by atoms with E-state index in [-0.39, 0.29) is 11.8 Å². The Hall–Kier alpha value is -2.99. The van der Waals surface area contributed by atoms with Crippen molar-refractivity contribution in [3.05, 3.63) is 63.5 Å². The molecule has 30 heavy (non-hydrogen) atoms. The zero-order chi connectivity index (χ0) is 21.3. The molecular weight excluding hydrogens is 382 g/mol. The van der Waals surface area contributed by atoms with Crippen LogP contribution in [0.25, 0.3) is 11.0 Å². The van der Waals surface area contributed by atoms with E-state index in [1.807, 2.05) is 25.1 Å². The van der Waals surface area contributed by atoms with Crippen LogP contribution in [0.2, 0.25) is 0 Å². The minimum atomic E-state index is -0.393. The molecule has 0 amide bonds. The maximum Gasteiger partial charge on any atom is 0.336 e. The fourth-order valence-corrected chi connectivity index (χ4v) is 4.59. The summed E-state index contributed by atoms with van der Waals surface area (Å²) in [6.07, 6.45) is 2.85. The van der Waals surface area contributed by atoms with Crippen molar-refractivity contribution in [1.29, 1.82) is 0 Å². The van der Waals surface area contributed by atoms with Crippen LogP contribution >= 0.6 is 0 Å². The third kappa shape index (κ3) is 3.75. The lowest BCUT2D eigenvalue weighted by Gasteiger charge is -2.24. The number of nitrogens with one attached hydrogen (secondary N) is 1. The first-order valence-corrected chi connectivity index (χ1v) is 10.4. The van der Waals surface area contributed by atoms with Crippen LogP contribution in [0.3, 0.4) is 0 Å². The number of methoxy groups -OCH3 is 2. The lowest BCUT2D eigenvalue weighted by Crippen LogP contribution is -3.08. The number of likely N-dealkylation sites (tertiary alicyclic amines) is 1. The van der Waals surface area contributed by atoms with Crippen molar-refractivity contribution in [2.24, 2.45) is 0 Å². The Morgan fingerprint density at radius 2 is 1.97 bits per heavy atom. The molecule has 1 saturated heterocycles. The van der Waals surface area contributed by atoms with Crippen LogP contribution in [-0.2, 0) is 13.0 Å². The SMILES string of the molecule is CCc1cc2c(C[NH+]3CCC[C@H]3c3cc(OC)ccc3OC)cc(=O)oc2cc1O. The summed E-state index contributed by atoms with van der Waals surface area (Å²) in [7, 11) is 3.36. The highest BCUT2D eigenvalue weighted by molar-refractivity contribution is 5.82. The van der Waals surface area contributed by atoms with E-state index >= 15 is 0 Å². The van der Waals surface area contributed by atoms with Crippen LogP contribution in [0.1, 0.15) is 42.5 Å². The molecule has 1 fully saturated rings. The Kier molecular flexibility index (Phi) is 5.68. The molecule has 1 aromatic heterocycles. The summed E-state index contributed by atoms with van der Waals surface area (Å²) in [5.41, 5.74) is 2.96. The normalized spacial score (nSPS) is 18.6. The Balaban J connectivity index is 1.74. The van der Waals surface area contributed by atoms with Crippen LogP contribution in [0.15, 0.2) is 45.6 Å². The lowest BCUT2D eigenvalue weighted by molar-refractivity contribution is -0.931. The van der Waals surface area contributed by atoms with Crippen molar-refractivity contribution < 1.29 is 23.9 Å². The van der Waals surface area contributed by atoms with Gasteiger partial charge in [0, 0.05) is 35.9 Å². The zero-order valence-corrected chi connectivity index (χ0v) is 17.7. The van der Waals surface area contributed by atoms with Gasteiger partial charge in [-0.05, 0) is 36.2 Å². The molecule has 2 heterocycles. The van der Waals surface area contributed by atoms with E-state index in [0.29, 0.717) is 18.5 Å². The minimum absolute atomic E-state index is 0.165. The summed E-state index contributed by atoms with van der Waals surface area (Å²) >= 11 is 0. The average Bonchev–Trinajstić information content (AvgIpc) is 3.20. The number of rotatable bonds is 6. The molecular formula is C24H28NO5+. The average molecular weight is 410 g/mol. The highest BCUT2D eigenvalue weighted by Crippen LogP contribution is 2.32. The molecule has 2 atom stereocenters. The first-order chi connectivity index (χ1) is 14.5. The molecule has 158 valence electrons. The van der Waals surface area contributed by atoms with Crippen molar-refractivity contribution in [3.63, 3.8) is 0 Å². The van der Waals surface area contributed by atoms with Gasteiger partial charge in [0.05, 0.1) is 26.3 Å². The molecule has 0 radical (unpaired) electrons. The van der Waals surface area contributed by atoms with E-state index in [4.69, 9.17) is 13.9 Å². The van der Waals surface area contributed by atoms with Crippen LogP contribution in [0.4, 0.5) is 0 Å². The predicted octanol–water partition coefficient (Wildman–Crippen LogP) is 3.00. The smallest absolute Gasteiger partial charge is 0.336 e. The standard InChI is InChI=1S/C24H27NO5/c1-4-15-10-18-16(11-24(27)30-23(18)13-21(15)26)14-25-9-5-6-20(25)19-12-17(28-2)7-8-22(19)29-3/h7-8,10-13,20,26H,4-6,9,14H2,1-3H3/p+1/t20-/m0/s1. The fourth-order valence-electron chi connectivity index (χ4n) is 4.59. The molecule has 4 rings (SSSR count). The molecule has 0 saturated carbocycles. The van der Waals surface area contributed by atoms with Gasteiger partial charge in [0.1, 0.15) is 35.4 Å². The van der Waals surface area contributed by atoms with Crippen molar-refractivity contribution >= 4 is 11.0 Å². The van der Waals surface area contributed by atoms with E-state index in [0.717, 1.165) is 53.0 Å². The maximum absolute atomic E-state index is 12.2. The number of fused-ring (bicyclic) bond motifs is 1. The number of phenolic OH excluding ortho intramolecular Hbond substituents is 1. The van der Waals surface area contributed by atoms with Crippen molar-refractivity contribution in [2.75, 3.05) is 20.8 Å². The highest BCUT2D eigenvalue weighted by Gasteiger charge is 2.33. The van der Waals surface area contributed by atoms with E-state index in [9.17, 15) is 9.90 Å². The van der Waals surface area contributed by atoms with Gasteiger partial charge >= 0.3 is 5.63 Å². The van der Waals surface area contributed by atoms with Gasteiger partial charge < -0.3 is 23.9 Å². The number of ether oxygens (including phenoxy) is 2. The lowest BCUT2D eigenvalue weighted by atomic mass is 10.0. The number of phenols is 1. The van der Waals surface area contributed by atoms with Crippen LogP contribution in [-0.4, -0.2) is 25.9 Å². The number of benzene rings is 2. The number of hydrogen-bond acceptors (Lipinski definition) is 5. The van der Waals surface area contributed by atoms with Crippen LogP contribution in [0, 0.1) is 0 Å². The third-order valence-electron chi connectivity index (χ3n) is 6.12. The first kappa shape index (κ1) is 20.3. The Labute approximate surface area is 175 Å². The Bertz CT molecular complexity index is 1120. The first-order valence-electron chi connectivity index (χ1n) is 10.4. The minimum Gasteiger partial charge on any atom is -0.508 e. The van der Waals surface area contributed by atoms with Gasteiger partial charge in [-0.3, -0.25) is 0 Å². The van der Waals surface area contributed by atoms with Crippen molar-refractivity contribution in [3.8, 4) is 17.2 Å². The van der Waals surface area contributed by atoms with Gasteiger partial charge in [-0.15, -0.1) is 0 Å². The second-order valence-electron chi connectivity index (χ2n) is 7.81. The van der Waals surface area contributed by atoms with Crippen molar-refractivity contribution in [1.82, 2.24) is 0 Å². The summed E-state index contributed by atoms with van der Waals surface area (Å²) in [5.74, 6) is 1.83. The molecule has 0 aliphatic carbocycles. The number of quaternary nitrogens is 1. The van der Waals surface area contributed by atoms with Gasteiger partial charge in [0.15, 0.2) is 0 Å². The van der Waals surface area contributed by atoms with Crippen LogP contribution in [0.5, 0.6) is 17.2 Å².